The molecule has 109 heavy (non-hydrogen) atoms. The highest BCUT2D eigenvalue weighted by atomic mass is 15.2. The fourth-order valence-electron chi connectivity index (χ4n) is 17.2. The Hall–Kier alpha value is -12.7. The third-order valence-electron chi connectivity index (χ3n) is 22.4. The van der Waals surface area contributed by atoms with E-state index in [1.165, 1.54) is 6.07 Å². The average molecular weight is 1410 g/mol. The van der Waals surface area contributed by atoms with Crippen LogP contribution >= 0.6 is 0 Å². The Morgan fingerprint density at radius 2 is 0.615 bits per heavy atom. The minimum atomic E-state index is -0.640. The third-order valence-corrected chi connectivity index (χ3v) is 22.4. The molecule has 16 aromatic carbocycles. The fraction of sp³-hybridized carbons (Fsp3) is 0.115. The summed E-state index contributed by atoms with van der Waals surface area (Å²) in [4.78, 5) is 4.94. The predicted octanol–water partition coefficient (Wildman–Crippen LogP) is 26.5. The quantitative estimate of drug-likeness (QED) is 0.106. The van der Waals surface area contributed by atoms with Gasteiger partial charge in [0.25, 0.3) is 6.71 Å². The molecular weight excluding hydrogens is 1320 g/mol. The van der Waals surface area contributed by atoms with E-state index in [4.69, 9.17) is 5.48 Å². The maximum absolute atomic E-state index is 9.93. The van der Waals surface area contributed by atoms with E-state index in [2.05, 4.69) is 248 Å². The van der Waals surface area contributed by atoms with Gasteiger partial charge in [0.05, 0.1) is 59.7 Å². The van der Waals surface area contributed by atoms with Gasteiger partial charge in [0, 0.05) is 83.0 Å². The van der Waals surface area contributed by atoms with Crippen LogP contribution in [0.5, 0.6) is 0 Å². The smallest absolute Gasteiger partial charge is 0.252 e. The lowest BCUT2D eigenvalue weighted by Crippen LogP contribution is -2.61. The Bertz CT molecular complexity index is 7420. The van der Waals surface area contributed by atoms with Gasteiger partial charge in [-0.05, 0) is 172 Å². The van der Waals surface area contributed by atoms with Crippen LogP contribution in [0.3, 0.4) is 0 Å². The molecule has 4 heterocycles. The Labute approximate surface area is 660 Å². The van der Waals surface area contributed by atoms with Crippen LogP contribution in [0.15, 0.2) is 339 Å². The van der Waals surface area contributed by atoms with Gasteiger partial charge in [-0.15, -0.1) is 0 Å². The predicted molar refractivity (Wildman–Crippen MR) is 467 cm³/mol. The van der Waals surface area contributed by atoms with Crippen molar-refractivity contribution in [2.24, 2.45) is 0 Å². The van der Waals surface area contributed by atoms with Gasteiger partial charge in [0.2, 0.25) is 0 Å². The van der Waals surface area contributed by atoms with E-state index in [0.29, 0.717) is 27.8 Å². The largest absolute Gasteiger partial charge is 0.310 e. The van der Waals surface area contributed by atoms with Gasteiger partial charge in [-0.2, -0.15) is 0 Å². The van der Waals surface area contributed by atoms with Crippen LogP contribution in [0, 0.1) is 0 Å². The van der Waals surface area contributed by atoms with Crippen molar-refractivity contribution >= 4 is 122 Å². The first-order valence-electron chi connectivity index (χ1n) is 44.9. The minimum absolute atomic E-state index is 0.00789. The molecular formula is C104H83BN4. The second-order valence-corrected chi connectivity index (χ2v) is 32.0. The molecule has 0 radical (unpaired) electrons. The Balaban J connectivity index is 0.982. The summed E-state index contributed by atoms with van der Waals surface area (Å²) in [7, 11) is 0. The Morgan fingerprint density at radius 3 is 1.04 bits per heavy atom. The summed E-state index contributed by atoms with van der Waals surface area (Å²) in [5.74, 6) is 0. The lowest BCUT2D eigenvalue weighted by molar-refractivity contribution is 0.590. The van der Waals surface area contributed by atoms with Crippen LogP contribution in [0.1, 0.15) is 99.6 Å². The van der Waals surface area contributed by atoms with E-state index >= 15 is 0 Å². The van der Waals surface area contributed by atoms with Crippen molar-refractivity contribution in [3.8, 4) is 67.0 Å². The van der Waals surface area contributed by atoms with Crippen LogP contribution in [-0.4, -0.2) is 15.8 Å². The monoisotopic (exact) mass is 1410 g/mol. The zero-order valence-electron chi connectivity index (χ0n) is 77.0. The van der Waals surface area contributed by atoms with E-state index < -0.39 is 72.6 Å². The molecule has 0 unspecified atom stereocenters. The Morgan fingerprint density at radius 1 is 0.266 bits per heavy atom. The molecule has 5 heteroatoms. The summed E-state index contributed by atoms with van der Waals surface area (Å²) in [6, 6.07) is 80.3. The van der Waals surface area contributed by atoms with E-state index in [0.717, 1.165) is 128 Å². The SMILES string of the molecule is [2H]c1cc([2H])c2c(c1[2H])c1c([2H])c([2H])c([2H])c([2H])c1n2-c1c2ccccc2c(-c2ccc3c(c2)N(c2c(-c4ccccc4)cc(C(C)(C)C)cc2-c2ccccc2)c2cc(C(C)(C)C)cc4c2B3c2ccc(-n3c5c([2H])c([2H])c([2H])c([2H])c5c5c([2H])c([2H])c([2H])c([2H])c53)cc2N4c2c(-c3ccccc3)cc(C(C)(C)C)cc2-c2ccccc2)c2ccccc12. The molecule has 20 rings (SSSR count). The van der Waals surface area contributed by atoms with Crippen molar-refractivity contribution in [2.45, 2.75) is 78.6 Å². The average Bonchev–Trinajstić information content (AvgIpc) is 0.695. The van der Waals surface area contributed by atoms with Gasteiger partial charge >= 0.3 is 0 Å². The summed E-state index contributed by atoms with van der Waals surface area (Å²) in [5, 5.41) is 2.98. The van der Waals surface area contributed by atoms with Gasteiger partial charge in [-0.1, -0.05) is 323 Å². The van der Waals surface area contributed by atoms with Crippen molar-refractivity contribution < 1.29 is 20.6 Å². The first kappa shape index (κ1) is 51.5. The number of hydrogen-bond donors (Lipinski definition) is 0. The number of fused-ring (bicyclic) bond motifs is 12. The maximum atomic E-state index is 9.93. The van der Waals surface area contributed by atoms with E-state index in [1.807, 2.05) is 66.7 Å². The minimum Gasteiger partial charge on any atom is -0.310 e. The van der Waals surface area contributed by atoms with Gasteiger partial charge < -0.3 is 18.9 Å². The molecule has 4 nitrogen and oxygen atoms in total. The highest BCUT2D eigenvalue weighted by Gasteiger charge is 2.47. The zero-order chi connectivity index (χ0) is 86.8. The number of anilines is 6. The van der Waals surface area contributed by atoms with Crippen LogP contribution in [0.25, 0.3) is 132 Å². The zero-order valence-corrected chi connectivity index (χ0v) is 62.0. The van der Waals surface area contributed by atoms with Gasteiger partial charge in [0.15, 0.2) is 0 Å². The van der Waals surface area contributed by atoms with Gasteiger partial charge in [-0.25, -0.2) is 0 Å². The second kappa shape index (κ2) is 25.0. The third kappa shape index (κ3) is 10.5. The number of rotatable bonds is 9. The van der Waals surface area contributed by atoms with E-state index in [9.17, 15) is 15.1 Å². The summed E-state index contributed by atoms with van der Waals surface area (Å²) in [6.45, 7) is 19.5. The normalized spacial score (nSPS) is 14.9. The van der Waals surface area contributed by atoms with Crippen LogP contribution in [0.2, 0.25) is 0 Å². The van der Waals surface area contributed by atoms with E-state index in [1.54, 1.807) is 9.13 Å². The van der Waals surface area contributed by atoms with Gasteiger partial charge in [-0.3, -0.25) is 0 Å². The summed E-state index contributed by atoms with van der Waals surface area (Å²) < 4.78 is 145. The highest BCUT2D eigenvalue weighted by molar-refractivity contribution is 7.00. The lowest BCUT2D eigenvalue weighted by atomic mass is 9.33. The molecule has 0 N–H and O–H groups in total. The van der Waals surface area contributed by atoms with Crippen LogP contribution < -0.4 is 26.2 Å². The van der Waals surface area contributed by atoms with E-state index in [-0.39, 0.29) is 84.7 Å². The number of nitrogens with zero attached hydrogens (tertiary/aromatic N) is 4. The second-order valence-electron chi connectivity index (χ2n) is 32.0. The molecule has 0 saturated carbocycles. The molecule has 0 bridgehead atoms. The molecule has 0 atom stereocenters. The summed E-state index contributed by atoms with van der Waals surface area (Å²) >= 11 is 0. The number of hydrogen-bond acceptors (Lipinski definition) is 2. The molecule has 0 amide bonds. The molecule has 2 aliphatic rings. The molecule has 2 aromatic heterocycles. The van der Waals surface area contributed by atoms with Crippen molar-refractivity contribution in [3.63, 3.8) is 0 Å². The molecule has 522 valence electrons. The van der Waals surface area contributed by atoms with Crippen molar-refractivity contribution in [1.29, 1.82) is 0 Å². The van der Waals surface area contributed by atoms with Crippen molar-refractivity contribution in [2.75, 3.05) is 9.80 Å². The molecule has 18 aromatic rings. The summed E-state index contributed by atoms with van der Waals surface area (Å²) in [6.07, 6.45) is 0. The number of aromatic nitrogens is 2. The standard InChI is InChI=1S/C104H83BN4/c1-102(2,3)71-59-83(66-34-14-10-15-35-66)100(84(60-71)67-36-16-11-17-37-67)108-93-58-70(97-79-46-22-24-48-81(79)99(82-49-25-23-47-80(82)97)107-91-52-32-28-44-77(91)78-45-29-33-53-92(78)107)54-56-87(93)105-88-57-55-74(106-89-50-30-26-42-75(89)76-43-27-31-51-90(76)106)65-94(88)109(96-64-73(104(7,8)9)63-95(108)98(96)105)101-85(68-38-18-12-19-39-68)61-72(103(4,5)6)62-86(101)69-40-20-13-21-41-69/h10-65H,1-9H3/i26D,27D,28D,29D,30D,31D,32D,42D,43D,44D,45D,50D,51D,52D,53D. The lowest BCUT2D eigenvalue weighted by Gasteiger charge is -2.47. The molecule has 0 saturated heterocycles. The molecule has 0 aliphatic carbocycles. The van der Waals surface area contributed by atoms with Crippen LogP contribution in [-0.2, 0) is 16.2 Å². The fourth-order valence-corrected chi connectivity index (χ4v) is 17.2. The summed E-state index contributed by atoms with van der Waals surface area (Å²) in [5.41, 5.74) is 20.0. The van der Waals surface area contributed by atoms with Crippen molar-refractivity contribution in [3.05, 3.63) is 356 Å². The Kier molecular flexibility index (Phi) is 11.8. The van der Waals surface area contributed by atoms with Crippen molar-refractivity contribution in [1.82, 2.24) is 9.13 Å². The topological polar surface area (TPSA) is 16.3 Å². The highest BCUT2D eigenvalue weighted by Crippen LogP contribution is 2.57. The molecule has 2 aliphatic heterocycles. The van der Waals surface area contributed by atoms with Gasteiger partial charge in [0.1, 0.15) is 0 Å². The first-order valence-corrected chi connectivity index (χ1v) is 37.4. The maximum Gasteiger partial charge on any atom is 0.252 e. The number of para-hydroxylation sites is 4. The number of benzene rings is 16. The molecule has 0 spiro atoms. The first-order chi connectivity index (χ1) is 59.2. The molecule has 0 fully saturated rings. The van der Waals surface area contributed by atoms with Crippen LogP contribution in [0.4, 0.5) is 34.1 Å².